The average Bonchev–Trinajstić information content (AvgIpc) is 2.45. The molecule has 1 N–H and O–H groups in total. The molecule has 5 nitrogen and oxygen atoms in total. The minimum Gasteiger partial charge on any atom is -0.444 e. The molecule has 1 aliphatic heterocycles. The van der Waals surface area contributed by atoms with Gasteiger partial charge < -0.3 is 14.7 Å². The Kier molecular flexibility index (Phi) is 5.66. The SMILES string of the molecule is CC(C)(C)OC(=O)N1CCN(C2CCC(CO)CC2F)CC1. The lowest BCUT2D eigenvalue weighted by atomic mass is 9.84. The molecular weight excluding hydrogens is 287 g/mol. The molecule has 0 spiro atoms. The van der Waals surface area contributed by atoms with Crippen LogP contribution in [0.4, 0.5) is 9.18 Å². The van der Waals surface area contributed by atoms with Gasteiger partial charge in [-0.3, -0.25) is 4.90 Å². The summed E-state index contributed by atoms with van der Waals surface area (Å²) in [5.41, 5.74) is -0.485. The third kappa shape index (κ3) is 4.56. The summed E-state index contributed by atoms with van der Waals surface area (Å²) >= 11 is 0. The van der Waals surface area contributed by atoms with Gasteiger partial charge in [-0.05, 0) is 46.0 Å². The number of hydrogen-bond donors (Lipinski definition) is 1. The minimum absolute atomic E-state index is 0.0661. The second-order valence-electron chi connectivity index (χ2n) is 7.45. The molecule has 1 saturated heterocycles. The van der Waals surface area contributed by atoms with E-state index in [0.29, 0.717) is 32.6 Å². The van der Waals surface area contributed by atoms with Crippen LogP contribution in [0.2, 0.25) is 0 Å². The largest absolute Gasteiger partial charge is 0.444 e. The zero-order valence-corrected chi connectivity index (χ0v) is 13.9. The first-order valence-corrected chi connectivity index (χ1v) is 8.27. The van der Waals surface area contributed by atoms with Crippen LogP contribution in [0.1, 0.15) is 40.0 Å². The molecule has 0 aromatic heterocycles. The Morgan fingerprint density at radius 1 is 1.23 bits per heavy atom. The van der Waals surface area contributed by atoms with Crippen molar-refractivity contribution in [3.63, 3.8) is 0 Å². The van der Waals surface area contributed by atoms with Crippen molar-refractivity contribution >= 4 is 6.09 Å². The number of carbonyl (C=O) groups is 1. The molecular formula is C16H29FN2O3. The van der Waals surface area contributed by atoms with Crippen molar-refractivity contribution in [3.05, 3.63) is 0 Å². The maximum Gasteiger partial charge on any atom is 0.410 e. The van der Waals surface area contributed by atoms with Crippen molar-refractivity contribution in [2.75, 3.05) is 32.8 Å². The van der Waals surface area contributed by atoms with Gasteiger partial charge in [0.25, 0.3) is 0 Å². The van der Waals surface area contributed by atoms with E-state index in [1.807, 2.05) is 20.8 Å². The summed E-state index contributed by atoms with van der Waals surface area (Å²) < 4.78 is 19.7. The van der Waals surface area contributed by atoms with Gasteiger partial charge in [0.15, 0.2) is 0 Å². The van der Waals surface area contributed by atoms with Crippen LogP contribution in [-0.4, -0.2) is 71.6 Å². The molecule has 3 atom stereocenters. The van der Waals surface area contributed by atoms with Crippen molar-refractivity contribution in [2.45, 2.75) is 57.8 Å². The highest BCUT2D eigenvalue weighted by Crippen LogP contribution is 2.30. The molecule has 2 fully saturated rings. The van der Waals surface area contributed by atoms with E-state index in [4.69, 9.17) is 9.84 Å². The molecule has 6 heteroatoms. The Balaban J connectivity index is 1.81. The van der Waals surface area contributed by atoms with E-state index in [2.05, 4.69) is 4.90 Å². The Hall–Kier alpha value is -0.880. The number of carbonyl (C=O) groups excluding carboxylic acids is 1. The van der Waals surface area contributed by atoms with Crippen LogP contribution in [0, 0.1) is 5.92 Å². The van der Waals surface area contributed by atoms with Crippen LogP contribution in [0.15, 0.2) is 0 Å². The Morgan fingerprint density at radius 2 is 1.86 bits per heavy atom. The molecule has 0 radical (unpaired) electrons. The fourth-order valence-electron chi connectivity index (χ4n) is 3.32. The molecule has 1 heterocycles. The van der Waals surface area contributed by atoms with Crippen LogP contribution in [-0.2, 0) is 4.74 Å². The first-order chi connectivity index (χ1) is 10.3. The smallest absolute Gasteiger partial charge is 0.410 e. The van der Waals surface area contributed by atoms with Gasteiger partial charge in [0.2, 0.25) is 0 Å². The first-order valence-electron chi connectivity index (χ1n) is 8.27. The van der Waals surface area contributed by atoms with Crippen molar-refractivity contribution < 1.29 is 19.0 Å². The maximum atomic E-state index is 14.3. The van der Waals surface area contributed by atoms with Gasteiger partial charge in [0, 0.05) is 38.8 Å². The number of aliphatic hydroxyl groups excluding tert-OH is 1. The minimum atomic E-state index is -0.876. The zero-order valence-electron chi connectivity index (χ0n) is 13.9. The third-order valence-corrected chi connectivity index (χ3v) is 4.54. The van der Waals surface area contributed by atoms with Gasteiger partial charge in [-0.15, -0.1) is 0 Å². The fourth-order valence-corrected chi connectivity index (χ4v) is 3.32. The van der Waals surface area contributed by atoms with Gasteiger partial charge in [0.1, 0.15) is 11.8 Å². The second kappa shape index (κ2) is 7.13. The van der Waals surface area contributed by atoms with Gasteiger partial charge in [-0.2, -0.15) is 0 Å². The van der Waals surface area contributed by atoms with Gasteiger partial charge >= 0.3 is 6.09 Å². The number of ether oxygens (including phenoxy) is 1. The summed E-state index contributed by atoms with van der Waals surface area (Å²) in [6.45, 7) is 8.20. The number of amides is 1. The molecule has 3 unspecified atom stereocenters. The normalized spacial score (nSPS) is 31.1. The maximum absolute atomic E-state index is 14.3. The summed E-state index contributed by atoms with van der Waals surface area (Å²) in [5.74, 6) is 0.106. The summed E-state index contributed by atoms with van der Waals surface area (Å²) in [6.07, 6.45) is 0.965. The van der Waals surface area contributed by atoms with Crippen LogP contribution >= 0.6 is 0 Å². The Labute approximate surface area is 132 Å². The van der Waals surface area contributed by atoms with E-state index in [-0.39, 0.29) is 24.7 Å². The molecule has 0 aromatic carbocycles. The standard InChI is InChI=1S/C16H29FN2O3/c1-16(2,3)22-15(21)19-8-6-18(7-9-19)14-5-4-12(11-20)10-13(14)17/h12-14,20H,4-11H2,1-3H3. The number of nitrogens with zero attached hydrogens (tertiary/aromatic N) is 2. The van der Waals surface area contributed by atoms with Gasteiger partial charge in [-0.25, -0.2) is 9.18 Å². The van der Waals surface area contributed by atoms with Crippen molar-refractivity contribution in [2.24, 2.45) is 5.92 Å². The quantitative estimate of drug-likeness (QED) is 0.847. The van der Waals surface area contributed by atoms with E-state index in [0.717, 1.165) is 12.8 Å². The fraction of sp³-hybridized carbons (Fsp3) is 0.938. The number of hydrogen-bond acceptors (Lipinski definition) is 4. The average molecular weight is 316 g/mol. The Morgan fingerprint density at radius 3 is 2.36 bits per heavy atom. The van der Waals surface area contributed by atoms with E-state index in [1.165, 1.54) is 0 Å². The highest BCUT2D eigenvalue weighted by atomic mass is 19.1. The van der Waals surface area contributed by atoms with Crippen molar-refractivity contribution in [3.8, 4) is 0 Å². The topological polar surface area (TPSA) is 53.0 Å². The molecule has 22 heavy (non-hydrogen) atoms. The molecule has 0 aromatic rings. The van der Waals surface area contributed by atoms with E-state index in [9.17, 15) is 9.18 Å². The highest BCUT2D eigenvalue weighted by molar-refractivity contribution is 5.68. The highest BCUT2D eigenvalue weighted by Gasteiger charge is 2.36. The van der Waals surface area contributed by atoms with Crippen molar-refractivity contribution in [1.29, 1.82) is 0 Å². The van der Waals surface area contributed by atoms with Crippen molar-refractivity contribution in [1.82, 2.24) is 9.80 Å². The Bertz CT molecular complexity index is 378. The molecule has 1 aliphatic carbocycles. The number of aliphatic hydroxyl groups is 1. The molecule has 0 bridgehead atoms. The molecule has 2 aliphatic rings. The number of rotatable bonds is 2. The third-order valence-electron chi connectivity index (χ3n) is 4.54. The van der Waals surface area contributed by atoms with Crippen LogP contribution < -0.4 is 0 Å². The summed E-state index contributed by atoms with van der Waals surface area (Å²) in [6, 6.07) is -0.0661. The second-order valence-corrected chi connectivity index (χ2v) is 7.45. The predicted molar refractivity (Wildman–Crippen MR) is 82.5 cm³/mol. The summed E-state index contributed by atoms with van der Waals surface area (Å²) in [4.78, 5) is 15.9. The monoisotopic (exact) mass is 316 g/mol. The summed E-state index contributed by atoms with van der Waals surface area (Å²) in [7, 11) is 0. The van der Waals surface area contributed by atoms with E-state index >= 15 is 0 Å². The van der Waals surface area contributed by atoms with Crippen LogP contribution in [0.3, 0.4) is 0 Å². The molecule has 1 saturated carbocycles. The number of piperazine rings is 1. The van der Waals surface area contributed by atoms with E-state index < -0.39 is 11.8 Å². The van der Waals surface area contributed by atoms with Crippen LogP contribution in [0.5, 0.6) is 0 Å². The lowest BCUT2D eigenvalue weighted by molar-refractivity contribution is -0.00746. The zero-order chi connectivity index (χ0) is 16.3. The lowest BCUT2D eigenvalue weighted by Gasteiger charge is -2.43. The van der Waals surface area contributed by atoms with E-state index in [1.54, 1.807) is 4.90 Å². The first kappa shape index (κ1) is 17.5. The lowest BCUT2D eigenvalue weighted by Crippen LogP contribution is -2.56. The van der Waals surface area contributed by atoms with Gasteiger partial charge in [0.05, 0.1) is 0 Å². The summed E-state index contributed by atoms with van der Waals surface area (Å²) in [5, 5.41) is 9.16. The molecule has 128 valence electrons. The van der Waals surface area contributed by atoms with Gasteiger partial charge in [-0.1, -0.05) is 0 Å². The molecule has 2 rings (SSSR count). The number of alkyl halides is 1. The number of halogens is 1. The predicted octanol–water partition coefficient (Wildman–Crippen LogP) is 2.04. The molecule has 1 amide bonds. The van der Waals surface area contributed by atoms with Crippen LogP contribution in [0.25, 0.3) is 0 Å².